The number of benzene rings is 1. The summed E-state index contributed by atoms with van der Waals surface area (Å²) in [7, 11) is 0. The second-order valence-electron chi connectivity index (χ2n) is 7.18. The van der Waals surface area contributed by atoms with Crippen LogP contribution in [0.2, 0.25) is 0 Å². The van der Waals surface area contributed by atoms with Gasteiger partial charge in [-0.2, -0.15) is 0 Å². The molecule has 0 N–H and O–H groups in total. The van der Waals surface area contributed by atoms with E-state index in [1.807, 2.05) is 24.3 Å². The van der Waals surface area contributed by atoms with E-state index in [-0.39, 0.29) is 11.6 Å². The van der Waals surface area contributed by atoms with Gasteiger partial charge in [0.15, 0.2) is 5.78 Å². The van der Waals surface area contributed by atoms with E-state index in [0.717, 1.165) is 40.7 Å². The summed E-state index contributed by atoms with van der Waals surface area (Å²) in [4.78, 5) is 23.0. The fourth-order valence-corrected chi connectivity index (χ4v) is 3.66. The zero-order valence-electron chi connectivity index (χ0n) is 15.2. The minimum Gasteiger partial charge on any atom is -0.298 e. The van der Waals surface area contributed by atoms with Crippen molar-refractivity contribution in [1.82, 2.24) is 14.9 Å². The second-order valence-corrected chi connectivity index (χ2v) is 7.18. The van der Waals surface area contributed by atoms with Crippen molar-refractivity contribution in [3.05, 3.63) is 60.4 Å². The molecular weight excluding hydrogens is 341 g/mol. The van der Waals surface area contributed by atoms with Crippen molar-refractivity contribution < 1.29 is 9.18 Å². The summed E-state index contributed by atoms with van der Waals surface area (Å²) in [6.07, 6.45) is 8.61. The molecule has 5 heteroatoms. The van der Waals surface area contributed by atoms with Crippen molar-refractivity contribution in [2.45, 2.75) is 25.7 Å². The molecular formula is C22H22FN3O. The van der Waals surface area contributed by atoms with E-state index in [2.05, 4.69) is 14.9 Å². The zero-order valence-corrected chi connectivity index (χ0v) is 15.2. The number of carbonyl (C=O) groups excluding carboxylic acids is 1. The lowest BCUT2D eigenvalue weighted by Crippen LogP contribution is -2.35. The SMILES string of the molecule is O=C(Cc1cc2cc(-c3cncc(F)c3)ccc2cn1)CN1CCCCC1. The maximum atomic E-state index is 13.5. The third-order valence-corrected chi connectivity index (χ3v) is 5.04. The Hall–Kier alpha value is -2.66. The number of Topliss-reactive ketones (excluding diaryl/α,β-unsaturated/α-hetero) is 1. The van der Waals surface area contributed by atoms with Gasteiger partial charge in [-0.05, 0) is 55.1 Å². The molecule has 3 aromatic rings. The summed E-state index contributed by atoms with van der Waals surface area (Å²) < 4.78 is 13.5. The van der Waals surface area contributed by atoms with E-state index >= 15 is 0 Å². The molecule has 0 bridgehead atoms. The van der Waals surface area contributed by atoms with Crippen LogP contribution in [0.25, 0.3) is 21.9 Å². The molecule has 0 unspecified atom stereocenters. The molecule has 0 atom stereocenters. The number of ketones is 1. The third-order valence-electron chi connectivity index (χ3n) is 5.04. The molecule has 4 nitrogen and oxygen atoms in total. The highest BCUT2D eigenvalue weighted by molar-refractivity contribution is 5.88. The van der Waals surface area contributed by atoms with Crippen LogP contribution in [0.3, 0.4) is 0 Å². The van der Waals surface area contributed by atoms with Gasteiger partial charge in [0.2, 0.25) is 0 Å². The van der Waals surface area contributed by atoms with Crippen LogP contribution in [0.1, 0.15) is 25.0 Å². The summed E-state index contributed by atoms with van der Waals surface area (Å²) in [5, 5.41) is 1.99. The van der Waals surface area contributed by atoms with Crippen LogP contribution in [-0.2, 0) is 11.2 Å². The fraction of sp³-hybridized carbons (Fsp3) is 0.318. The minimum absolute atomic E-state index is 0.203. The zero-order chi connectivity index (χ0) is 18.6. The van der Waals surface area contributed by atoms with Crippen LogP contribution in [0.5, 0.6) is 0 Å². The monoisotopic (exact) mass is 363 g/mol. The first kappa shape index (κ1) is 17.7. The standard InChI is InChI=1S/C22H22FN3O/c23-20-9-19(12-24-14-20)16-4-5-17-13-25-21(10-18(17)8-16)11-22(27)15-26-6-2-1-3-7-26/h4-5,8-10,12-14H,1-3,6-7,11,15H2. The van der Waals surface area contributed by atoms with Gasteiger partial charge >= 0.3 is 0 Å². The number of hydrogen-bond donors (Lipinski definition) is 0. The molecule has 4 rings (SSSR count). The number of hydrogen-bond acceptors (Lipinski definition) is 4. The van der Waals surface area contributed by atoms with Gasteiger partial charge in [-0.1, -0.05) is 18.6 Å². The van der Waals surface area contributed by atoms with Crippen molar-refractivity contribution in [2.75, 3.05) is 19.6 Å². The molecule has 0 amide bonds. The summed E-state index contributed by atoms with van der Waals surface area (Å²) in [6.45, 7) is 2.54. The van der Waals surface area contributed by atoms with Gasteiger partial charge in [0.05, 0.1) is 19.2 Å². The number of likely N-dealkylation sites (tertiary alicyclic amines) is 1. The third kappa shape index (κ3) is 4.37. The van der Waals surface area contributed by atoms with E-state index in [1.54, 1.807) is 12.4 Å². The van der Waals surface area contributed by atoms with Crippen molar-refractivity contribution in [2.24, 2.45) is 0 Å². The summed E-state index contributed by atoms with van der Waals surface area (Å²) in [5.74, 6) is -0.152. The Kier molecular flexibility index (Phi) is 5.21. The van der Waals surface area contributed by atoms with Crippen LogP contribution in [0.4, 0.5) is 4.39 Å². The topological polar surface area (TPSA) is 46.1 Å². The summed E-state index contributed by atoms with van der Waals surface area (Å²) in [5.41, 5.74) is 2.40. The molecule has 138 valence electrons. The van der Waals surface area contributed by atoms with E-state index in [0.29, 0.717) is 13.0 Å². The number of rotatable bonds is 5. The Bertz CT molecular complexity index is 967. The van der Waals surface area contributed by atoms with Crippen molar-refractivity contribution in [1.29, 1.82) is 0 Å². The van der Waals surface area contributed by atoms with Gasteiger partial charge in [0.1, 0.15) is 5.82 Å². The molecule has 1 fully saturated rings. The van der Waals surface area contributed by atoms with Crippen LogP contribution in [0, 0.1) is 5.82 Å². The van der Waals surface area contributed by atoms with Crippen LogP contribution in [0.15, 0.2) is 48.9 Å². The largest absolute Gasteiger partial charge is 0.298 e. The highest BCUT2D eigenvalue weighted by Gasteiger charge is 2.14. The second kappa shape index (κ2) is 7.92. The van der Waals surface area contributed by atoms with Gasteiger partial charge in [-0.25, -0.2) is 4.39 Å². The smallest absolute Gasteiger partial charge is 0.152 e. The molecule has 1 aliphatic rings. The molecule has 0 radical (unpaired) electrons. The number of carbonyl (C=O) groups is 1. The minimum atomic E-state index is -0.355. The number of pyridine rings is 2. The van der Waals surface area contributed by atoms with E-state index in [4.69, 9.17) is 0 Å². The number of piperidine rings is 1. The first-order valence-electron chi connectivity index (χ1n) is 9.41. The van der Waals surface area contributed by atoms with E-state index in [1.165, 1.54) is 31.5 Å². The maximum absolute atomic E-state index is 13.5. The maximum Gasteiger partial charge on any atom is 0.152 e. The summed E-state index contributed by atoms with van der Waals surface area (Å²) in [6, 6.07) is 9.31. The Balaban J connectivity index is 1.53. The molecule has 1 aromatic carbocycles. The molecule has 1 saturated heterocycles. The lowest BCUT2D eigenvalue weighted by molar-refractivity contribution is -0.119. The van der Waals surface area contributed by atoms with E-state index < -0.39 is 0 Å². The van der Waals surface area contributed by atoms with Gasteiger partial charge in [0, 0.05) is 29.0 Å². The molecule has 1 aliphatic heterocycles. The van der Waals surface area contributed by atoms with Crippen LogP contribution >= 0.6 is 0 Å². The van der Waals surface area contributed by atoms with E-state index in [9.17, 15) is 9.18 Å². The molecule has 0 aliphatic carbocycles. The van der Waals surface area contributed by atoms with Crippen LogP contribution < -0.4 is 0 Å². The van der Waals surface area contributed by atoms with Crippen molar-refractivity contribution >= 4 is 16.6 Å². The predicted molar refractivity (Wildman–Crippen MR) is 104 cm³/mol. The quantitative estimate of drug-likeness (QED) is 0.686. The van der Waals surface area contributed by atoms with Gasteiger partial charge in [-0.3, -0.25) is 19.7 Å². The highest BCUT2D eigenvalue weighted by Crippen LogP contribution is 2.24. The molecule has 0 saturated carbocycles. The average Bonchev–Trinajstić information content (AvgIpc) is 2.68. The first-order chi connectivity index (χ1) is 13.2. The normalized spacial score (nSPS) is 15.1. The molecule has 0 spiro atoms. The Morgan fingerprint density at radius 1 is 0.963 bits per heavy atom. The Labute approximate surface area is 158 Å². The van der Waals surface area contributed by atoms with Crippen molar-refractivity contribution in [3.63, 3.8) is 0 Å². The van der Waals surface area contributed by atoms with Crippen LogP contribution in [-0.4, -0.2) is 40.3 Å². The Morgan fingerprint density at radius 2 is 1.81 bits per heavy atom. The van der Waals surface area contributed by atoms with Crippen molar-refractivity contribution in [3.8, 4) is 11.1 Å². The van der Waals surface area contributed by atoms with Gasteiger partial charge in [-0.15, -0.1) is 0 Å². The van der Waals surface area contributed by atoms with Gasteiger partial charge in [0.25, 0.3) is 0 Å². The molecule has 27 heavy (non-hydrogen) atoms. The number of fused-ring (bicyclic) bond motifs is 1. The average molecular weight is 363 g/mol. The first-order valence-corrected chi connectivity index (χ1v) is 9.41. The van der Waals surface area contributed by atoms with Gasteiger partial charge < -0.3 is 0 Å². The fourth-order valence-electron chi connectivity index (χ4n) is 3.66. The number of nitrogens with zero attached hydrogens (tertiary/aromatic N) is 3. The molecule has 2 aromatic heterocycles. The number of halogens is 1. The molecule has 3 heterocycles. The predicted octanol–water partition coefficient (Wildman–Crippen LogP) is 4.03. The summed E-state index contributed by atoms with van der Waals surface area (Å²) >= 11 is 0. The Morgan fingerprint density at radius 3 is 2.63 bits per heavy atom. The lowest BCUT2D eigenvalue weighted by atomic mass is 10.0. The lowest BCUT2D eigenvalue weighted by Gasteiger charge is -2.25. The number of aromatic nitrogens is 2. The highest BCUT2D eigenvalue weighted by atomic mass is 19.1.